The van der Waals surface area contributed by atoms with Gasteiger partial charge in [0, 0.05) is 13.2 Å². The molecular weight excluding hydrogens is 268 g/mol. The summed E-state index contributed by atoms with van der Waals surface area (Å²) in [5.41, 5.74) is 1.10. The molecule has 0 spiro atoms. The van der Waals surface area contributed by atoms with E-state index in [2.05, 4.69) is 32.3 Å². The quantitative estimate of drug-likeness (QED) is 0.866. The molecule has 88 valence electrons. The van der Waals surface area contributed by atoms with Gasteiger partial charge in [0.2, 0.25) is 0 Å². The van der Waals surface area contributed by atoms with Crippen LogP contribution in [0, 0.1) is 0 Å². The summed E-state index contributed by atoms with van der Waals surface area (Å²) in [5, 5.41) is 3.51. The summed E-state index contributed by atoms with van der Waals surface area (Å²) in [6, 6.07) is 4.58. The van der Waals surface area contributed by atoms with E-state index in [1.54, 1.807) is 7.11 Å². The third-order valence-corrected chi connectivity index (χ3v) is 3.57. The Kier molecular flexibility index (Phi) is 4.18. The fourth-order valence-corrected chi connectivity index (χ4v) is 2.37. The molecule has 16 heavy (non-hydrogen) atoms. The van der Waals surface area contributed by atoms with Crippen LogP contribution in [0.15, 0.2) is 22.9 Å². The molecule has 0 aromatic carbocycles. The monoisotopic (exact) mass is 284 g/mol. The molecule has 1 aliphatic rings. The Morgan fingerprint density at radius 2 is 2.06 bits per heavy atom. The van der Waals surface area contributed by atoms with Gasteiger partial charge in [-0.25, -0.2) is 4.98 Å². The number of rotatable bonds is 3. The van der Waals surface area contributed by atoms with E-state index in [4.69, 9.17) is 4.74 Å². The van der Waals surface area contributed by atoms with Gasteiger partial charge in [-0.1, -0.05) is 0 Å². The van der Waals surface area contributed by atoms with E-state index in [-0.39, 0.29) is 0 Å². The maximum Gasteiger partial charge on any atom is 0.106 e. The van der Waals surface area contributed by atoms with Gasteiger partial charge in [-0.15, -0.1) is 0 Å². The summed E-state index contributed by atoms with van der Waals surface area (Å²) < 4.78 is 6.24. The molecule has 1 aromatic heterocycles. The van der Waals surface area contributed by atoms with Crippen LogP contribution in [0.5, 0.6) is 0 Å². The molecule has 1 aromatic rings. The molecule has 0 radical (unpaired) electrons. The number of hydrogen-bond acceptors (Lipinski definition) is 3. The lowest BCUT2D eigenvalue weighted by atomic mass is 9.93. The molecule has 0 saturated heterocycles. The molecule has 3 nitrogen and oxygen atoms in total. The molecule has 0 aliphatic heterocycles. The van der Waals surface area contributed by atoms with E-state index in [1.807, 2.05) is 12.3 Å². The van der Waals surface area contributed by atoms with E-state index in [0.717, 1.165) is 23.1 Å². The van der Waals surface area contributed by atoms with Crippen LogP contribution in [0.2, 0.25) is 0 Å². The second kappa shape index (κ2) is 5.64. The molecule has 1 aliphatic carbocycles. The molecular formula is C12H17BrN2O. The van der Waals surface area contributed by atoms with Crippen molar-refractivity contribution in [3.8, 4) is 0 Å². The lowest BCUT2D eigenvalue weighted by molar-refractivity contribution is 0.0682. The minimum absolute atomic E-state index is 0.459. The van der Waals surface area contributed by atoms with E-state index >= 15 is 0 Å². The molecule has 2 rings (SSSR count). The number of halogens is 1. The van der Waals surface area contributed by atoms with E-state index in [0.29, 0.717) is 12.1 Å². The molecule has 4 heteroatoms. The Hall–Kier alpha value is -0.610. The van der Waals surface area contributed by atoms with Crippen LogP contribution in [-0.4, -0.2) is 24.2 Å². The minimum atomic E-state index is 0.459. The highest BCUT2D eigenvalue weighted by Crippen LogP contribution is 2.23. The minimum Gasteiger partial charge on any atom is -0.381 e. The number of nitrogens with one attached hydrogen (secondary N) is 1. The fourth-order valence-electron chi connectivity index (χ4n) is 2.14. The summed E-state index contributed by atoms with van der Waals surface area (Å²) in [7, 11) is 1.80. The molecule has 0 bridgehead atoms. The highest BCUT2D eigenvalue weighted by atomic mass is 79.9. The number of nitrogens with zero attached hydrogens (tertiary/aromatic N) is 1. The lowest BCUT2D eigenvalue weighted by Crippen LogP contribution is -2.29. The van der Waals surface area contributed by atoms with Crippen LogP contribution in [0.25, 0.3) is 0 Å². The molecule has 1 saturated carbocycles. The second-order valence-corrected chi connectivity index (χ2v) is 5.04. The van der Waals surface area contributed by atoms with Crippen LogP contribution in [-0.2, 0) is 4.74 Å². The molecule has 1 heterocycles. The molecule has 1 N–H and O–H groups in total. The van der Waals surface area contributed by atoms with Crippen molar-refractivity contribution in [3.63, 3.8) is 0 Å². The topological polar surface area (TPSA) is 34.1 Å². The van der Waals surface area contributed by atoms with Crippen molar-refractivity contribution < 1.29 is 4.74 Å². The van der Waals surface area contributed by atoms with Crippen molar-refractivity contribution in [1.29, 1.82) is 0 Å². The van der Waals surface area contributed by atoms with Crippen LogP contribution in [0.4, 0.5) is 5.69 Å². The first-order chi connectivity index (χ1) is 7.78. The maximum atomic E-state index is 5.36. The zero-order chi connectivity index (χ0) is 11.4. The summed E-state index contributed by atoms with van der Waals surface area (Å²) in [6.45, 7) is 0. The van der Waals surface area contributed by atoms with Gasteiger partial charge in [-0.05, 0) is 53.7 Å². The van der Waals surface area contributed by atoms with Crippen molar-refractivity contribution in [2.24, 2.45) is 0 Å². The Morgan fingerprint density at radius 3 is 2.62 bits per heavy atom. The highest BCUT2D eigenvalue weighted by Gasteiger charge is 2.20. The summed E-state index contributed by atoms with van der Waals surface area (Å²) in [5.74, 6) is 0. The molecule has 0 unspecified atom stereocenters. The number of anilines is 1. The average Bonchev–Trinajstić information content (AvgIpc) is 2.33. The number of ether oxygens (including phenoxy) is 1. The van der Waals surface area contributed by atoms with Gasteiger partial charge in [-0.3, -0.25) is 0 Å². The van der Waals surface area contributed by atoms with Crippen molar-refractivity contribution in [3.05, 3.63) is 22.9 Å². The SMILES string of the molecule is COC1CCC(Nc2ccc(Br)nc2)CC1. The molecule has 1 fully saturated rings. The maximum absolute atomic E-state index is 5.36. The standard InChI is InChI=1S/C12H17BrN2O/c1-16-11-5-2-9(3-6-11)15-10-4-7-12(13)14-8-10/h4,7-9,11,15H,2-3,5-6H2,1H3. The normalized spacial score (nSPS) is 25.4. The van der Waals surface area contributed by atoms with Crippen LogP contribution in [0.3, 0.4) is 0 Å². The van der Waals surface area contributed by atoms with Gasteiger partial charge < -0.3 is 10.1 Å². The zero-order valence-corrected chi connectivity index (χ0v) is 11.0. The fraction of sp³-hybridized carbons (Fsp3) is 0.583. The zero-order valence-electron chi connectivity index (χ0n) is 9.45. The Balaban J connectivity index is 1.84. The summed E-state index contributed by atoms with van der Waals surface area (Å²) in [6.07, 6.45) is 6.98. The Bertz CT molecular complexity index is 320. The van der Waals surface area contributed by atoms with Crippen molar-refractivity contribution in [2.75, 3.05) is 12.4 Å². The van der Waals surface area contributed by atoms with Gasteiger partial charge in [0.15, 0.2) is 0 Å². The van der Waals surface area contributed by atoms with Crippen LogP contribution >= 0.6 is 15.9 Å². The molecule has 0 amide bonds. The first-order valence-electron chi connectivity index (χ1n) is 5.69. The van der Waals surface area contributed by atoms with Gasteiger partial charge in [0.25, 0.3) is 0 Å². The van der Waals surface area contributed by atoms with Crippen LogP contribution in [0.1, 0.15) is 25.7 Å². The van der Waals surface area contributed by atoms with Gasteiger partial charge >= 0.3 is 0 Å². The van der Waals surface area contributed by atoms with Crippen molar-refractivity contribution >= 4 is 21.6 Å². The first-order valence-corrected chi connectivity index (χ1v) is 6.48. The smallest absolute Gasteiger partial charge is 0.106 e. The molecule has 0 atom stereocenters. The Labute approximate surface area is 105 Å². The predicted molar refractivity (Wildman–Crippen MR) is 68.6 cm³/mol. The number of aromatic nitrogens is 1. The van der Waals surface area contributed by atoms with E-state index in [9.17, 15) is 0 Å². The van der Waals surface area contributed by atoms with E-state index < -0.39 is 0 Å². The Morgan fingerprint density at radius 1 is 1.31 bits per heavy atom. The second-order valence-electron chi connectivity index (χ2n) is 4.22. The lowest BCUT2D eigenvalue weighted by Gasteiger charge is -2.28. The van der Waals surface area contributed by atoms with E-state index in [1.165, 1.54) is 12.8 Å². The largest absolute Gasteiger partial charge is 0.381 e. The number of hydrogen-bond donors (Lipinski definition) is 1. The van der Waals surface area contributed by atoms with Crippen LogP contribution < -0.4 is 5.32 Å². The van der Waals surface area contributed by atoms with Gasteiger partial charge in [0.05, 0.1) is 18.0 Å². The first kappa shape index (κ1) is 11.9. The van der Waals surface area contributed by atoms with Crippen molar-refractivity contribution in [1.82, 2.24) is 4.98 Å². The summed E-state index contributed by atoms with van der Waals surface area (Å²) in [4.78, 5) is 4.21. The third kappa shape index (κ3) is 3.19. The summed E-state index contributed by atoms with van der Waals surface area (Å²) >= 11 is 3.33. The van der Waals surface area contributed by atoms with Crippen molar-refractivity contribution in [2.45, 2.75) is 37.8 Å². The highest BCUT2D eigenvalue weighted by molar-refractivity contribution is 9.10. The average molecular weight is 285 g/mol. The predicted octanol–water partition coefficient (Wildman–Crippen LogP) is 3.21. The third-order valence-electron chi connectivity index (χ3n) is 3.11. The number of pyridine rings is 1. The van der Waals surface area contributed by atoms with Gasteiger partial charge in [0.1, 0.15) is 4.60 Å². The number of methoxy groups -OCH3 is 1. The van der Waals surface area contributed by atoms with Gasteiger partial charge in [-0.2, -0.15) is 0 Å².